The van der Waals surface area contributed by atoms with E-state index in [1.54, 1.807) is 6.92 Å². The van der Waals surface area contributed by atoms with Crippen LogP contribution < -0.4 is 5.73 Å². The first kappa shape index (κ1) is 15.4. The zero-order valence-electron chi connectivity index (χ0n) is 11.7. The second kappa shape index (κ2) is 6.21. The van der Waals surface area contributed by atoms with Crippen molar-refractivity contribution < 1.29 is 18.8 Å². The standard InChI is InChI=1S/C15H13FN2O4/c1-9(10-2-5-12(16)6-3-10)22-15(19)11-4-7-13(17)14(8-11)18(20)21/h2-9H,17H2,1H3/t9-/m1/s1. The molecule has 0 heterocycles. The second-order valence-electron chi connectivity index (χ2n) is 4.63. The normalized spacial score (nSPS) is 11.7. The van der Waals surface area contributed by atoms with Gasteiger partial charge in [-0.3, -0.25) is 10.1 Å². The number of hydrogen-bond acceptors (Lipinski definition) is 5. The lowest BCUT2D eigenvalue weighted by atomic mass is 10.1. The quantitative estimate of drug-likeness (QED) is 0.405. The van der Waals surface area contributed by atoms with Gasteiger partial charge in [-0.1, -0.05) is 12.1 Å². The maximum atomic E-state index is 12.9. The lowest BCUT2D eigenvalue weighted by Crippen LogP contribution is -2.10. The summed E-state index contributed by atoms with van der Waals surface area (Å²) in [7, 11) is 0. The van der Waals surface area contributed by atoms with Gasteiger partial charge in [0.2, 0.25) is 0 Å². The van der Waals surface area contributed by atoms with Crippen molar-refractivity contribution in [1.82, 2.24) is 0 Å². The van der Waals surface area contributed by atoms with Crippen LogP contribution in [-0.2, 0) is 4.74 Å². The highest BCUT2D eigenvalue weighted by atomic mass is 19.1. The number of rotatable bonds is 4. The molecular formula is C15H13FN2O4. The van der Waals surface area contributed by atoms with Crippen LogP contribution in [0.1, 0.15) is 28.9 Å². The Kier molecular flexibility index (Phi) is 4.36. The van der Waals surface area contributed by atoms with Crippen LogP contribution in [0, 0.1) is 15.9 Å². The first-order valence-corrected chi connectivity index (χ1v) is 6.39. The van der Waals surface area contributed by atoms with Gasteiger partial charge in [-0.05, 0) is 36.8 Å². The zero-order valence-corrected chi connectivity index (χ0v) is 11.7. The van der Waals surface area contributed by atoms with Crippen molar-refractivity contribution in [3.63, 3.8) is 0 Å². The largest absolute Gasteiger partial charge is 0.454 e. The molecule has 0 spiro atoms. The Bertz CT molecular complexity index is 716. The predicted molar refractivity (Wildman–Crippen MR) is 77.7 cm³/mol. The van der Waals surface area contributed by atoms with Crippen LogP contribution in [0.4, 0.5) is 15.8 Å². The number of benzene rings is 2. The van der Waals surface area contributed by atoms with Crippen molar-refractivity contribution in [1.29, 1.82) is 0 Å². The predicted octanol–water partition coefficient (Wildman–Crippen LogP) is 3.23. The Morgan fingerprint density at radius 1 is 1.27 bits per heavy atom. The highest BCUT2D eigenvalue weighted by molar-refractivity contribution is 5.91. The van der Waals surface area contributed by atoms with E-state index in [-0.39, 0.29) is 16.9 Å². The summed E-state index contributed by atoms with van der Waals surface area (Å²) in [4.78, 5) is 22.2. The molecule has 6 nitrogen and oxygen atoms in total. The van der Waals surface area contributed by atoms with E-state index < -0.39 is 22.8 Å². The van der Waals surface area contributed by atoms with Crippen LogP contribution in [0.15, 0.2) is 42.5 Å². The molecule has 114 valence electrons. The van der Waals surface area contributed by atoms with Crippen molar-refractivity contribution >= 4 is 17.3 Å². The van der Waals surface area contributed by atoms with E-state index in [2.05, 4.69) is 0 Å². The van der Waals surface area contributed by atoms with Crippen LogP contribution in [0.2, 0.25) is 0 Å². The molecule has 0 amide bonds. The number of nitro benzene ring substituents is 1. The molecule has 0 fully saturated rings. The van der Waals surface area contributed by atoms with Crippen LogP contribution in [0.25, 0.3) is 0 Å². The third kappa shape index (κ3) is 3.38. The van der Waals surface area contributed by atoms with Gasteiger partial charge in [0.25, 0.3) is 5.69 Å². The molecule has 0 radical (unpaired) electrons. The number of nitrogen functional groups attached to an aromatic ring is 1. The van der Waals surface area contributed by atoms with Gasteiger partial charge in [0.05, 0.1) is 10.5 Å². The molecule has 0 aromatic heterocycles. The average Bonchev–Trinajstić information content (AvgIpc) is 2.47. The summed E-state index contributed by atoms with van der Waals surface area (Å²) in [5, 5.41) is 10.8. The molecule has 0 bridgehead atoms. The lowest BCUT2D eigenvalue weighted by molar-refractivity contribution is -0.383. The summed E-state index contributed by atoms with van der Waals surface area (Å²) >= 11 is 0. The van der Waals surface area contributed by atoms with E-state index >= 15 is 0 Å². The Hall–Kier alpha value is -2.96. The summed E-state index contributed by atoms with van der Waals surface area (Å²) in [5.74, 6) is -1.11. The van der Waals surface area contributed by atoms with Crippen molar-refractivity contribution in [2.24, 2.45) is 0 Å². The summed E-state index contributed by atoms with van der Waals surface area (Å²) in [5.41, 5.74) is 5.71. The molecule has 7 heteroatoms. The molecule has 0 aliphatic rings. The molecule has 0 aliphatic carbocycles. The van der Waals surface area contributed by atoms with Crippen molar-refractivity contribution in [3.8, 4) is 0 Å². The van der Waals surface area contributed by atoms with Crippen molar-refractivity contribution in [3.05, 3.63) is 69.5 Å². The molecule has 22 heavy (non-hydrogen) atoms. The van der Waals surface area contributed by atoms with E-state index in [1.165, 1.54) is 36.4 Å². The fraction of sp³-hybridized carbons (Fsp3) is 0.133. The number of nitrogens with two attached hydrogens (primary N) is 1. The van der Waals surface area contributed by atoms with Crippen LogP contribution in [0.3, 0.4) is 0 Å². The third-order valence-corrected chi connectivity index (χ3v) is 3.09. The molecule has 0 aliphatic heterocycles. The number of esters is 1. The lowest BCUT2D eigenvalue weighted by Gasteiger charge is -2.13. The van der Waals surface area contributed by atoms with Gasteiger partial charge >= 0.3 is 5.97 Å². The number of ether oxygens (including phenoxy) is 1. The van der Waals surface area contributed by atoms with E-state index in [0.717, 1.165) is 6.07 Å². The number of nitrogens with zero attached hydrogens (tertiary/aromatic N) is 1. The number of halogens is 1. The van der Waals surface area contributed by atoms with Crippen LogP contribution in [0.5, 0.6) is 0 Å². The van der Waals surface area contributed by atoms with Gasteiger partial charge < -0.3 is 10.5 Å². The Labute approximate surface area is 125 Å². The van der Waals surface area contributed by atoms with Gasteiger partial charge in [0.15, 0.2) is 0 Å². The maximum Gasteiger partial charge on any atom is 0.338 e. The topological polar surface area (TPSA) is 95.5 Å². The first-order chi connectivity index (χ1) is 10.4. The summed E-state index contributed by atoms with van der Waals surface area (Å²) < 4.78 is 18.1. The minimum Gasteiger partial charge on any atom is -0.454 e. The molecular weight excluding hydrogens is 291 g/mol. The van der Waals surface area contributed by atoms with Crippen LogP contribution in [-0.4, -0.2) is 10.9 Å². The zero-order chi connectivity index (χ0) is 16.3. The van der Waals surface area contributed by atoms with Gasteiger partial charge in [-0.15, -0.1) is 0 Å². The van der Waals surface area contributed by atoms with Gasteiger partial charge in [-0.25, -0.2) is 9.18 Å². The highest BCUT2D eigenvalue weighted by Gasteiger charge is 2.18. The molecule has 0 unspecified atom stereocenters. The van der Waals surface area contributed by atoms with Crippen LogP contribution >= 0.6 is 0 Å². The Morgan fingerprint density at radius 2 is 1.91 bits per heavy atom. The van der Waals surface area contributed by atoms with Crippen molar-refractivity contribution in [2.45, 2.75) is 13.0 Å². The number of carbonyl (C=O) groups is 1. The number of anilines is 1. The van der Waals surface area contributed by atoms with E-state index in [4.69, 9.17) is 10.5 Å². The number of carbonyl (C=O) groups excluding carboxylic acids is 1. The fourth-order valence-corrected chi connectivity index (χ4v) is 1.86. The third-order valence-electron chi connectivity index (χ3n) is 3.09. The van der Waals surface area contributed by atoms with Gasteiger partial charge in [0.1, 0.15) is 17.6 Å². The molecule has 0 saturated heterocycles. The Balaban J connectivity index is 2.16. The van der Waals surface area contributed by atoms with E-state index in [0.29, 0.717) is 5.56 Å². The van der Waals surface area contributed by atoms with Crippen molar-refractivity contribution in [2.75, 3.05) is 5.73 Å². The SMILES string of the molecule is C[C@@H](OC(=O)c1ccc(N)c([N+](=O)[O-])c1)c1ccc(F)cc1. The minimum absolute atomic E-state index is 0.0230. The average molecular weight is 304 g/mol. The molecule has 2 rings (SSSR count). The first-order valence-electron chi connectivity index (χ1n) is 6.39. The molecule has 1 atom stereocenters. The monoisotopic (exact) mass is 304 g/mol. The molecule has 2 aromatic carbocycles. The minimum atomic E-state index is -0.722. The molecule has 2 aromatic rings. The summed E-state index contributed by atoms with van der Waals surface area (Å²) in [6.45, 7) is 1.62. The highest BCUT2D eigenvalue weighted by Crippen LogP contribution is 2.24. The number of hydrogen-bond donors (Lipinski definition) is 1. The maximum absolute atomic E-state index is 12.9. The Morgan fingerprint density at radius 3 is 2.50 bits per heavy atom. The van der Waals surface area contributed by atoms with E-state index in [9.17, 15) is 19.3 Å². The second-order valence-corrected chi connectivity index (χ2v) is 4.63. The number of nitro groups is 1. The smallest absolute Gasteiger partial charge is 0.338 e. The summed E-state index contributed by atoms with van der Waals surface area (Å²) in [6.07, 6.45) is -0.621. The fourth-order valence-electron chi connectivity index (χ4n) is 1.86. The van der Waals surface area contributed by atoms with Gasteiger partial charge in [0, 0.05) is 6.07 Å². The molecule has 0 saturated carbocycles. The summed E-state index contributed by atoms with van der Waals surface area (Å²) in [6, 6.07) is 9.20. The molecule has 2 N–H and O–H groups in total. The van der Waals surface area contributed by atoms with E-state index in [1.807, 2.05) is 0 Å². The van der Waals surface area contributed by atoms with Gasteiger partial charge in [-0.2, -0.15) is 0 Å².